The molecule has 2 N–H and O–H groups in total. The number of carbonyl (C=O) groups is 1. The summed E-state index contributed by atoms with van der Waals surface area (Å²) in [5.74, 6) is -1.45. The first-order valence-corrected chi connectivity index (χ1v) is 9.64. The van der Waals surface area contributed by atoms with Gasteiger partial charge in [0, 0.05) is 11.3 Å². The molecule has 0 aliphatic carbocycles. The van der Waals surface area contributed by atoms with Crippen molar-refractivity contribution in [1.82, 2.24) is 9.78 Å². The highest BCUT2D eigenvalue weighted by Gasteiger charge is 2.22. The van der Waals surface area contributed by atoms with Gasteiger partial charge in [-0.25, -0.2) is 8.42 Å². The molecule has 0 saturated carbocycles. The Labute approximate surface area is 156 Å². The lowest BCUT2D eigenvalue weighted by molar-refractivity contribution is -0.136. The monoisotopic (exact) mass is 386 g/mol. The molecule has 0 unspecified atom stereocenters. The summed E-state index contributed by atoms with van der Waals surface area (Å²) in [7, 11) is -3.72. The lowest BCUT2D eigenvalue weighted by atomic mass is 10.2. The van der Waals surface area contributed by atoms with Gasteiger partial charge in [-0.3, -0.25) is 9.48 Å². The van der Waals surface area contributed by atoms with Gasteiger partial charge in [-0.1, -0.05) is 36.4 Å². The average Bonchev–Trinajstić information content (AvgIpc) is 2.90. The molecular weight excluding hydrogens is 368 g/mol. The van der Waals surface area contributed by atoms with E-state index in [0.29, 0.717) is 11.3 Å². The van der Waals surface area contributed by atoms with E-state index in [2.05, 4.69) is 5.10 Å². The van der Waals surface area contributed by atoms with Crippen LogP contribution in [0, 0.1) is 6.92 Å². The second kappa shape index (κ2) is 7.24. The van der Waals surface area contributed by atoms with Gasteiger partial charge < -0.3 is 10.2 Å². The third kappa shape index (κ3) is 3.70. The van der Waals surface area contributed by atoms with Crippen molar-refractivity contribution in [2.45, 2.75) is 29.7 Å². The lowest BCUT2D eigenvalue weighted by Crippen LogP contribution is -2.11. The Hall–Kier alpha value is -3.13. The van der Waals surface area contributed by atoms with Gasteiger partial charge in [0.05, 0.1) is 22.8 Å². The summed E-state index contributed by atoms with van der Waals surface area (Å²) in [4.78, 5) is 11.3. The van der Waals surface area contributed by atoms with Crippen LogP contribution in [0.1, 0.15) is 16.8 Å². The van der Waals surface area contributed by atoms with E-state index in [1.165, 1.54) is 22.9 Å². The molecule has 0 amide bonds. The van der Waals surface area contributed by atoms with Crippen LogP contribution in [0.5, 0.6) is 5.88 Å². The van der Waals surface area contributed by atoms with E-state index < -0.39 is 15.8 Å². The number of hydrogen-bond acceptors (Lipinski definition) is 5. The molecule has 1 aromatic heterocycles. The number of sulfone groups is 1. The quantitative estimate of drug-likeness (QED) is 0.673. The number of rotatable bonds is 6. The summed E-state index contributed by atoms with van der Waals surface area (Å²) >= 11 is 0. The molecule has 3 rings (SSSR count). The molecule has 0 radical (unpaired) electrons. The SMILES string of the molecule is Cc1c(CC(=O)O)c(O)nn1Cc1ccccc1S(=O)(=O)c1ccccc1. The van der Waals surface area contributed by atoms with E-state index in [0.717, 1.165) is 0 Å². The van der Waals surface area contributed by atoms with Crippen molar-refractivity contribution < 1.29 is 23.4 Å². The summed E-state index contributed by atoms with van der Waals surface area (Å²) < 4.78 is 27.4. The number of aromatic hydroxyl groups is 1. The zero-order valence-electron chi connectivity index (χ0n) is 14.5. The predicted octanol–water partition coefficient (Wildman–Crippen LogP) is 2.41. The number of benzene rings is 2. The lowest BCUT2D eigenvalue weighted by Gasteiger charge is -2.12. The van der Waals surface area contributed by atoms with Crippen molar-refractivity contribution in [3.8, 4) is 5.88 Å². The largest absolute Gasteiger partial charge is 0.492 e. The van der Waals surface area contributed by atoms with Gasteiger partial charge in [0.25, 0.3) is 0 Å². The minimum atomic E-state index is -3.72. The van der Waals surface area contributed by atoms with Gasteiger partial charge >= 0.3 is 5.97 Å². The zero-order valence-corrected chi connectivity index (χ0v) is 15.3. The molecule has 0 aliphatic heterocycles. The highest BCUT2D eigenvalue weighted by atomic mass is 32.2. The number of aliphatic carboxylic acids is 1. The molecular formula is C19H18N2O5S. The molecule has 7 nitrogen and oxygen atoms in total. The molecule has 1 heterocycles. The van der Waals surface area contributed by atoms with E-state index in [-0.39, 0.29) is 34.2 Å². The first-order valence-electron chi connectivity index (χ1n) is 8.16. The Morgan fingerprint density at radius 1 is 1.07 bits per heavy atom. The van der Waals surface area contributed by atoms with Gasteiger partial charge in [0.15, 0.2) is 0 Å². The normalized spacial score (nSPS) is 11.4. The van der Waals surface area contributed by atoms with Crippen molar-refractivity contribution in [3.63, 3.8) is 0 Å². The summed E-state index contributed by atoms with van der Waals surface area (Å²) in [5, 5.41) is 22.9. The van der Waals surface area contributed by atoms with Crippen LogP contribution in [0.15, 0.2) is 64.4 Å². The van der Waals surface area contributed by atoms with Crippen LogP contribution in [-0.4, -0.2) is 34.4 Å². The van der Waals surface area contributed by atoms with Crippen molar-refractivity contribution in [2.75, 3.05) is 0 Å². The highest BCUT2D eigenvalue weighted by molar-refractivity contribution is 7.91. The van der Waals surface area contributed by atoms with Gasteiger partial charge in [0.1, 0.15) is 0 Å². The number of nitrogens with zero attached hydrogens (tertiary/aromatic N) is 2. The molecule has 0 saturated heterocycles. The zero-order chi connectivity index (χ0) is 19.6. The van der Waals surface area contributed by atoms with Crippen LogP contribution in [0.3, 0.4) is 0 Å². The van der Waals surface area contributed by atoms with Gasteiger partial charge in [0.2, 0.25) is 15.7 Å². The summed E-state index contributed by atoms with van der Waals surface area (Å²) in [5.41, 5.74) is 1.18. The molecule has 27 heavy (non-hydrogen) atoms. The number of aromatic nitrogens is 2. The molecule has 0 fully saturated rings. The van der Waals surface area contributed by atoms with E-state index in [1.807, 2.05) is 0 Å². The standard InChI is InChI=1S/C19H18N2O5S/c1-13-16(11-18(22)23)19(24)20-21(13)12-14-7-5-6-10-17(14)27(25,26)15-8-3-2-4-9-15/h2-10H,11-12H2,1H3,(H,20,24)(H,22,23). The summed E-state index contributed by atoms with van der Waals surface area (Å²) in [6.45, 7) is 1.72. The fraction of sp³-hybridized carbons (Fsp3) is 0.158. The van der Waals surface area contributed by atoms with E-state index in [4.69, 9.17) is 5.11 Å². The minimum Gasteiger partial charge on any atom is -0.492 e. The smallest absolute Gasteiger partial charge is 0.308 e. The highest BCUT2D eigenvalue weighted by Crippen LogP contribution is 2.26. The number of carboxylic acid groups (broad SMARTS) is 1. The molecule has 0 bridgehead atoms. The molecule has 0 spiro atoms. The molecule has 0 aliphatic rings. The van der Waals surface area contributed by atoms with Crippen molar-refractivity contribution in [3.05, 3.63) is 71.4 Å². The van der Waals surface area contributed by atoms with Gasteiger partial charge in [-0.05, 0) is 30.7 Å². The topological polar surface area (TPSA) is 109 Å². The summed E-state index contributed by atoms with van der Waals surface area (Å²) in [6.07, 6.45) is -0.359. The minimum absolute atomic E-state index is 0.0846. The molecule has 2 aromatic carbocycles. The van der Waals surface area contributed by atoms with Crippen LogP contribution in [-0.2, 0) is 27.6 Å². The third-order valence-electron chi connectivity index (χ3n) is 4.27. The van der Waals surface area contributed by atoms with Crippen LogP contribution in [0.2, 0.25) is 0 Å². The van der Waals surface area contributed by atoms with E-state index >= 15 is 0 Å². The Kier molecular flexibility index (Phi) is 5.00. The predicted molar refractivity (Wildman–Crippen MR) is 97.4 cm³/mol. The fourth-order valence-electron chi connectivity index (χ4n) is 2.86. The van der Waals surface area contributed by atoms with Gasteiger partial charge in [-0.15, -0.1) is 5.10 Å². The number of carboxylic acids is 1. The van der Waals surface area contributed by atoms with Crippen molar-refractivity contribution >= 4 is 15.8 Å². The Balaban J connectivity index is 2.03. The molecule has 3 aromatic rings. The second-order valence-electron chi connectivity index (χ2n) is 6.04. The molecule has 8 heteroatoms. The Morgan fingerprint density at radius 3 is 2.37 bits per heavy atom. The van der Waals surface area contributed by atoms with Gasteiger partial charge in [-0.2, -0.15) is 0 Å². The van der Waals surface area contributed by atoms with Crippen LogP contribution in [0.4, 0.5) is 0 Å². The third-order valence-corrected chi connectivity index (χ3v) is 6.14. The maximum atomic E-state index is 13.0. The number of hydrogen-bond donors (Lipinski definition) is 2. The average molecular weight is 386 g/mol. The van der Waals surface area contributed by atoms with E-state index in [9.17, 15) is 18.3 Å². The van der Waals surface area contributed by atoms with Crippen LogP contribution in [0.25, 0.3) is 0 Å². The van der Waals surface area contributed by atoms with Crippen molar-refractivity contribution in [2.24, 2.45) is 0 Å². The van der Waals surface area contributed by atoms with Crippen LogP contribution < -0.4 is 0 Å². The maximum Gasteiger partial charge on any atom is 0.308 e. The summed E-state index contributed by atoms with van der Waals surface area (Å²) in [6, 6.07) is 14.7. The maximum absolute atomic E-state index is 13.0. The fourth-order valence-corrected chi connectivity index (χ4v) is 4.37. The van der Waals surface area contributed by atoms with Crippen LogP contribution >= 0.6 is 0 Å². The second-order valence-corrected chi connectivity index (χ2v) is 7.96. The first kappa shape index (κ1) is 18.7. The van der Waals surface area contributed by atoms with Crippen molar-refractivity contribution in [1.29, 1.82) is 0 Å². The first-order chi connectivity index (χ1) is 12.8. The molecule has 0 atom stereocenters. The Morgan fingerprint density at radius 2 is 1.70 bits per heavy atom. The molecule has 140 valence electrons. The Bertz CT molecular complexity index is 1090. The van der Waals surface area contributed by atoms with E-state index in [1.54, 1.807) is 43.3 Å².